The largest absolute Gasteiger partial charge is 0.509 e. The zero-order valence-electron chi connectivity index (χ0n) is 16.3. The van der Waals surface area contributed by atoms with Crippen LogP contribution in [0, 0.1) is 19.8 Å². The first kappa shape index (κ1) is 17.8. The molecule has 27 heavy (non-hydrogen) atoms. The van der Waals surface area contributed by atoms with Crippen LogP contribution in [-0.2, 0) is 4.79 Å². The van der Waals surface area contributed by atoms with Crippen LogP contribution in [0.15, 0.2) is 48.2 Å². The van der Waals surface area contributed by atoms with Crippen LogP contribution in [0.2, 0.25) is 0 Å². The highest BCUT2D eigenvalue weighted by Crippen LogP contribution is 2.44. The molecule has 2 N–H and O–H groups in total. The minimum atomic E-state index is -0.569. The zero-order valence-corrected chi connectivity index (χ0v) is 16.3. The monoisotopic (exact) mass is 361 g/mol. The van der Waals surface area contributed by atoms with Crippen molar-refractivity contribution in [2.45, 2.75) is 52.0 Å². The molecule has 3 nitrogen and oxygen atoms in total. The lowest BCUT2D eigenvalue weighted by Crippen LogP contribution is -2.47. The Morgan fingerprint density at radius 2 is 1.70 bits per heavy atom. The van der Waals surface area contributed by atoms with E-state index < -0.39 is 5.54 Å². The van der Waals surface area contributed by atoms with Gasteiger partial charge in [0, 0.05) is 0 Å². The zero-order chi connectivity index (χ0) is 19.2. The van der Waals surface area contributed by atoms with Crippen molar-refractivity contribution in [1.82, 2.24) is 5.32 Å². The van der Waals surface area contributed by atoms with Gasteiger partial charge in [-0.1, -0.05) is 49.4 Å². The first-order chi connectivity index (χ1) is 12.9. The first-order valence-corrected chi connectivity index (χ1v) is 9.85. The molecule has 0 unspecified atom stereocenters. The summed E-state index contributed by atoms with van der Waals surface area (Å²) in [4.78, 5) is 13.0. The van der Waals surface area contributed by atoms with Crippen LogP contribution in [0.1, 0.15) is 49.3 Å². The lowest BCUT2D eigenvalue weighted by molar-refractivity contribution is -0.116. The Labute approximate surface area is 161 Å². The number of carbonyl (C=O) groups excluding carboxylic acids is 1. The molecule has 1 saturated carbocycles. The van der Waals surface area contributed by atoms with Gasteiger partial charge in [-0.15, -0.1) is 0 Å². The molecule has 1 fully saturated rings. The Bertz CT molecular complexity index is 919. The number of benzene rings is 2. The van der Waals surface area contributed by atoms with Crippen molar-refractivity contribution in [3.05, 3.63) is 64.9 Å². The van der Waals surface area contributed by atoms with Crippen molar-refractivity contribution in [3.8, 4) is 11.1 Å². The Hall–Kier alpha value is -2.55. The van der Waals surface area contributed by atoms with E-state index in [4.69, 9.17) is 0 Å². The Morgan fingerprint density at radius 3 is 2.37 bits per heavy atom. The van der Waals surface area contributed by atoms with Gasteiger partial charge in [-0.25, -0.2) is 0 Å². The summed E-state index contributed by atoms with van der Waals surface area (Å²) < 4.78 is 0. The van der Waals surface area contributed by atoms with E-state index in [-0.39, 0.29) is 11.7 Å². The molecule has 4 rings (SSSR count). The van der Waals surface area contributed by atoms with Gasteiger partial charge in [0.2, 0.25) is 0 Å². The van der Waals surface area contributed by atoms with Crippen molar-refractivity contribution >= 4 is 11.5 Å². The fourth-order valence-corrected chi connectivity index (χ4v) is 4.70. The van der Waals surface area contributed by atoms with Crippen molar-refractivity contribution < 1.29 is 9.90 Å². The lowest BCUT2D eigenvalue weighted by atomic mass is 9.76. The normalized spacial score (nSPS) is 25.1. The molecular weight excluding hydrogens is 334 g/mol. The van der Waals surface area contributed by atoms with Crippen LogP contribution in [0.4, 0.5) is 0 Å². The molecular formula is C24H27NO2. The number of hydrogen-bond donors (Lipinski definition) is 2. The van der Waals surface area contributed by atoms with Crippen molar-refractivity contribution in [2.24, 2.45) is 5.92 Å². The van der Waals surface area contributed by atoms with Crippen LogP contribution in [0.25, 0.3) is 16.7 Å². The van der Waals surface area contributed by atoms with E-state index in [0.717, 1.165) is 53.5 Å². The average molecular weight is 361 g/mol. The Balaban J connectivity index is 1.85. The van der Waals surface area contributed by atoms with Gasteiger partial charge in [0.1, 0.15) is 5.76 Å². The summed E-state index contributed by atoms with van der Waals surface area (Å²) in [6.45, 7) is 6.30. The molecule has 3 heteroatoms. The molecule has 2 aromatic carbocycles. The van der Waals surface area contributed by atoms with E-state index in [1.807, 2.05) is 38.1 Å². The smallest absolute Gasteiger partial charge is 0.256 e. The molecule has 0 saturated heterocycles. The third-order valence-electron chi connectivity index (χ3n) is 6.41. The van der Waals surface area contributed by atoms with Crippen molar-refractivity contribution in [2.75, 3.05) is 0 Å². The molecule has 1 heterocycles. The molecule has 1 aliphatic carbocycles. The van der Waals surface area contributed by atoms with Gasteiger partial charge in [0.25, 0.3) is 5.91 Å². The van der Waals surface area contributed by atoms with Gasteiger partial charge in [0.15, 0.2) is 0 Å². The number of nitrogens with one attached hydrogen (secondary N) is 1. The minimum absolute atomic E-state index is 0.140. The van der Waals surface area contributed by atoms with E-state index in [0.29, 0.717) is 11.5 Å². The third kappa shape index (κ3) is 2.86. The predicted octanol–water partition coefficient (Wildman–Crippen LogP) is 5.32. The van der Waals surface area contributed by atoms with Crippen LogP contribution in [0.5, 0.6) is 0 Å². The van der Waals surface area contributed by atoms with Gasteiger partial charge >= 0.3 is 0 Å². The summed E-state index contributed by atoms with van der Waals surface area (Å²) in [5.74, 6) is 0.753. The number of amides is 1. The number of aliphatic hydroxyl groups excluding tert-OH is 1. The lowest BCUT2D eigenvalue weighted by Gasteiger charge is -2.36. The molecule has 0 aromatic heterocycles. The summed E-state index contributed by atoms with van der Waals surface area (Å²) in [6.07, 6.45) is 3.68. The first-order valence-electron chi connectivity index (χ1n) is 9.85. The van der Waals surface area contributed by atoms with Crippen molar-refractivity contribution in [3.63, 3.8) is 0 Å². The molecule has 1 spiro atoms. The maximum Gasteiger partial charge on any atom is 0.256 e. The fraction of sp³-hybridized carbons (Fsp3) is 0.375. The standard InChI is InChI=1S/C24H27NO2/c1-15-11-13-24(14-12-15)22(26)21(23(27)25-24)20-16(2)9-10-19(17(20)3)18-7-5-4-6-8-18/h4-10,15,26H,11-14H2,1-3H3,(H,25,27). The molecule has 0 radical (unpaired) electrons. The number of carbonyl (C=O) groups is 1. The van der Waals surface area contributed by atoms with Crippen molar-refractivity contribution in [1.29, 1.82) is 0 Å². The molecule has 0 bridgehead atoms. The highest BCUT2D eigenvalue weighted by Gasteiger charge is 2.47. The molecule has 1 aliphatic heterocycles. The van der Waals surface area contributed by atoms with Gasteiger partial charge in [-0.2, -0.15) is 0 Å². The summed E-state index contributed by atoms with van der Waals surface area (Å²) in [7, 11) is 0. The van der Waals surface area contributed by atoms with E-state index in [1.165, 1.54) is 0 Å². The second-order valence-corrected chi connectivity index (χ2v) is 8.24. The summed E-state index contributed by atoms with van der Waals surface area (Å²) in [5, 5.41) is 14.3. The van der Waals surface area contributed by atoms with E-state index in [9.17, 15) is 9.90 Å². The van der Waals surface area contributed by atoms with Crippen LogP contribution in [-0.4, -0.2) is 16.6 Å². The minimum Gasteiger partial charge on any atom is -0.509 e. The van der Waals surface area contributed by atoms with E-state index >= 15 is 0 Å². The number of hydrogen-bond acceptors (Lipinski definition) is 2. The van der Waals surface area contributed by atoms with Crippen LogP contribution in [0.3, 0.4) is 0 Å². The predicted molar refractivity (Wildman–Crippen MR) is 109 cm³/mol. The molecule has 1 amide bonds. The maximum absolute atomic E-state index is 13.0. The second kappa shape index (κ2) is 6.56. The van der Waals surface area contributed by atoms with E-state index in [2.05, 4.69) is 30.4 Å². The van der Waals surface area contributed by atoms with Gasteiger partial charge in [-0.05, 0) is 73.3 Å². The Kier molecular flexibility index (Phi) is 4.33. The highest BCUT2D eigenvalue weighted by atomic mass is 16.3. The molecule has 2 aromatic rings. The van der Waals surface area contributed by atoms with Gasteiger partial charge in [-0.3, -0.25) is 4.79 Å². The quantitative estimate of drug-likeness (QED) is 0.761. The summed E-state index contributed by atoms with van der Waals surface area (Å²) in [5.41, 5.74) is 5.06. The summed E-state index contributed by atoms with van der Waals surface area (Å²) in [6, 6.07) is 14.3. The highest BCUT2D eigenvalue weighted by molar-refractivity contribution is 6.24. The molecule has 140 valence electrons. The number of aryl methyl sites for hydroxylation is 1. The van der Waals surface area contributed by atoms with Gasteiger partial charge in [0.05, 0.1) is 11.1 Å². The van der Waals surface area contributed by atoms with E-state index in [1.54, 1.807) is 0 Å². The Morgan fingerprint density at radius 1 is 1.04 bits per heavy atom. The SMILES string of the molecule is Cc1ccc(-c2ccccc2)c(C)c1C1=C(O)C2(CCC(C)CC2)NC1=O. The fourth-order valence-electron chi connectivity index (χ4n) is 4.70. The number of rotatable bonds is 2. The third-order valence-corrected chi connectivity index (χ3v) is 6.41. The number of aliphatic hydroxyl groups is 1. The molecule has 2 aliphatic rings. The topological polar surface area (TPSA) is 49.3 Å². The van der Waals surface area contributed by atoms with Gasteiger partial charge < -0.3 is 10.4 Å². The second-order valence-electron chi connectivity index (χ2n) is 8.24. The molecule has 0 atom stereocenters. The summed E-state index contributed by atoms with van der Waals surface area (Å²) >= 11 is 0. The van der Waals surface area contributed by atoms with Crippen LogP contribution >= 0.6 is 0 Å². The average Bonchev–Trinajstić information content (AvgIpc) is 2.90. The van der Waals surface area contributed by atoms with Crippen LogP contribution < -0.4 is 5.32 Å². The maximum atomic E-state index is 13.0.